The van der Waals surface area contributed by atoms with Crippen molar-refractivity contribution < 1.29 is 0 Å². The predicted octanol–water partition coefficient (Wildman–Crippen LogP) is 10.3. The minimum Gasteiger partial charge on any atom is -0.0622 e. The molecule has 242 valence electrons. The molecular weight excluding hydrogens is 638 g/mol. The first-order chi connectivity index (χ1) is 24.8. The Kier molecular flexibility index (Phi) is 9.41. The molecule has 0 aliphatic carbocycles. The minimum atomic E-state index is -0.892. The van der Waals surface area contributed by atoms with E-state index in [1.54, 1.807) is 0 Å². The van der Waals surface area contributed by atoms with Crippen molar-refractivity contribution in [2.24, 2.45) is 0 Å². The number of benzene rings is 8. The van der Waals surface area contributed by atoms with Gasteiger partial charge >= 0.3 is 0 Å². The Labute approximate surface area is 299 Å². The molecule has 2 heteroatoms. The third kappa shape index (κ3) is 5.98. The van der Waals surface area contributed by atoms with Crippen LogP contribution in [0.5, 0.6) is 0 Å². The van der Waals surface area contributed by atoms with E-state index in [-0.39, 0.29) is 0 Å². The van der Waals surface area contributed by atoms with Gasteiger partial charge < -0.3 is 0 Å². The lowest BCUT2D eigenvalue weighted by Crippen LogP contribution is -2.29. The lowest BCUT2D eigenvalue weighted by molar-refractivity contribution is 1.16. The highest BCUT2D eigenvalue weighted by Crippen LogP contribution is 2.47. The van der Waals surface area contributed by atoms with Gasteiger partial charge in [-0.2, -0.15) is 0 Å². The maximum Gasteiger partial charge on any atom is -0.000596 e. The van der Waals surface area contributed by atoms with Gasteiger partial charge in [0.05, 0.1) is 0 Å². The Morgan fingerprint density at radius 3 is 0.920 bits per heavy atom. The molecule has 8 aromatic carbocycles. The standard InChI is InChI=1S/C48H40P2/c1-3-35-33-37-21-17-19-31-43(37)45(47(35)49(39-23-9-5-10-24-39)40-25-11-6-12-26-40)46-44-32-20-18-22-38(44)34-36(4-2)48(46)50(41-27-13-7-14-28-41)42-29-15-8-16-30-42/h5-34H,3-4H2,1-2H3. The first kappa shape index (κ1) is 32.4. The summed E-state index contributed by atoms with van der Waals surface area (Å²) in [5, 5.41) is 13.8. The molecule has 8 rings (SSSR count). The van der Waals surface area contributed by atoms with E-state index in [4.69, 9.17) is 0 Å². The van der Waals surface area contributed by atoms with Gasteiger partial charge in [-0.05, 0) is 104 Å². The highest BCUT2D eigenvalue weighted by Gasteiger charge is 2.31. The van der Waals surface area contributed by atoms with Gasteiger partial charge in [-0.25, -0.2) is 0 Å². The van der Waals surface area contributed by atoms with Crippen molar-refractivity contribution in [3.63, 3.8) is 0 Å². The first-order valence-corrected chi connectivity index (χ1v) is 20.3. The Morgan fingerprint density at radius 1 is 0.340 bits per heavy atom. The molecule has 0 aliphatic heterocycles. The van der Waals surface area contributed by atoms with E-state index in [0.717, 1.165) is 12.8 Å². The number of fused-ring (bicyclic) bond motifs is 2. The van der Waals surface area contributed by atoms with Gasteiger partial charge in [-0.15, -0.1) is 0 Å². The molecule has 0 fully saturated rings. The molecule has 50 heavy (non-hydrogen) atoms. The average molecular weight is 679 g/mol. The van der Waals surface area contributed by atoms with Crippen LogP contribution >= 0.6 is 15.8 Å². The van der Waals surface area contributed by atoms with Crippen molar-refractivity contribution in [1.82, 2.24) is 0 Å². The van der Waals surface area contributed by atoms with Gasteiger partial charge in [0.15, 0.2) is 0 Å². The van der Waals surface area contributed by atoms with E-state index in [2.05, 4.69) is 196 Å². The minimum absolute atomic E-state index is 0.892. The van der Waals surface area contributed by atoms with Gasteiger partial charge in [0.25, 0.3) is 0 Å². The average Bonchev–Trinajstić information content (AvgIpc) is 3.19. The van der Waals surface area contributed by atoms with Crippen LogP contribution in [0, 0.1) is 0 Å². The van der Waals surface area contributed by atoms with Gasteiger partial charge in [0, 0.05) is 0 Å². The SMILES string of the molecule is CCc1cc2ccccc2c(-c2c(P(c3ccccc3)c3ccccc3)c(CC)cc3ccccc23)c1P(c1ccccc1)c1ccccc1. The van der Waals surface area contributed by atoms with E-state index >= 15 is 0 Å². The smallest absolute Gasteiger partial charge is 0.000596 e. The quantitative estimate of drug-likeness (QED) is 0.133. The van der Waals surface area contributed by atoms with Crippen molar-refractivity contribution in [2.45, 2.75) is 26.7 Å². The number of hydrogen-bond acceptors (Lipinski definition) is 0. The molecular formula is C48H40P2. The van der Waals surface area contributed by atoms with Crippen LogP contribution in [-0.4, -0.2) is 0 Å². The summed E-state index contributed by atoms with van der Waals surface area (Å²) in [6.07, 6.45) is 1.91. The third-order valence-electron chi connectivity index (χ3n) is 9.72. The fourth-order valence-electron chi connectivity index (χ4n) is 7.47. The Morgan fingerprint density at radius 2 is 0.620 bits per heavy atom. The van der Waals surface area contributed by atoms with Crippen LogP contribution in [0.2, 0.25) is 0 Å². The van der Waals surface area contributed by atoms with Crippen LogP contribution in [0.15, 0.2) is 182 Å². The molecule has 0 aromatic heterocycles. The zero-order valence-electron chi connectivity index (χ0n) is 28.6. The molecule has 0 bridgehead atoms. The summed E-state index contributed by atoms with van der Waals surface area (Å²) in [6, 6.07) is 68.3. The lowest BCUT2D eigenvalue weighted by atomic mass is 9.89. The summed E-state index contributed by atoms with van der Waals surface area (Å²) >= 11 is 0. The molecule has 0 heterocycles. The second kappa shape index (κ2) is 14.5. The highest BCUT2D eigenvalue weighted by atomic mass is 31.1. The van der Waals surface area contributed by atoms with Gasteiger partial charge in [-0.1, -0.05) is 196 Å². The van der Waals surface area contributed by atoms with Crippen molar-refractivity contribution >= 4 is 69.2 Å². The topological polar surface area (TPSA) is 0 Å². The molecule has 0 aliphatic rings. The van der Waals surface area contributed by atoms with Crippen molar-refractivity contribution in [3.8, 4) is 11.1 Å². The fraction of sp³-hybridized carbons (Fsp3) is 0.0833. The van der Waals surface area contributed by atoms with Gasteiger partial charge in [-0.3, -0.25) is 0 Å². The summed E-state index contributed by atoms with van der Waals surface area (Å²) in [5.74, 6) is 0. The van der Waals surface area contributed by atoms with E-state index in [1.807, 2.05) is 0 Å². The van der Waals surface area contributed by atoms with Crippen LogP contribution in [0.4, 0.5) is 0 Å². The molecule has 0 unspecified atom stereocenters. The van der Waals surface area contributed by atoms with Crippen molar-refractivity contribution in [3.05, 3.63) is 193 Å². The normalized spacial score (nSPS) is 11.5. The number of hydrogen-bond donors (Lipinski definition) is 0. The van der Waals surface area contributed by atoms with E-state index in [0.29, 0.717) is 0 Å². The van der Waals surface area contributed by atoms with Crippen molar-refractivity contribution in [1.29, 1.82) is 0 Å². The Balaban J connectivity index is 1.61. The monoisotopic (exact) mass is 678 g/mol. The van der Waals surface area contributed by atoms with E-state index in [9.17, 15) is 0 Å². The number of aryl methyl sites for hydroxylation is 2. The number of rotatable bonds is 9. The Bertz CT molecular complexity index is 2130. The predicted molar refractivity (Wildman–Crippen MR) is 223 cm³/mol. The van der Waals surface area contributed by atoms with Crippen LogP contribution in [0.3, 0.4) is 0 Å². The molecule has 0 amide bonds. The second-order valence-electron chi connectivity index (χ2n) is 12.7. The molecule has 8 aromatic rings. The summed E-state index contributed by atoms with van der Waals surface area (Å²) in [6.45, 7) is 4.67. The third-order valence-corrected chi connectivity index (χ3v) is 14.9. The lowest BCUT2D eigenvalue weighted by Gasteiger charge is -2.31. The Hall–Kier alpha value is -4.86. The van der Waals surface area contributed by atoms with Gasteiger partial charge in [0.2, 0.25) is 0 Å². The summed E-state index contributed by atoms with van der Waals surface area (Å²) < 4.78 is 0. The maximum atomic E-state index is 2.48. The second-order valence-corrected chi connectivity index (χ2v) is 17.0. The largest absolute Gasteiger partial charge is 0.0622 e. The molecule has 0 spiro atoms. The molecule has 0 saturated carbocycles. The summed E-state index contributed by atoms with van der Waals surface area (Å²) in [5.41, 5.74) is 5.66. The zero-order chi connectivity index (χ0) is 33.9. The molecule has 0 nitrogen and oxygen atoms in total. The highest BCUT2D eigenvalue weighted by molar-refractivity contribution is 7.81. The zero-order valence-corrected chi connectivity index (χ0v) is 30.4. The van der Waals surface area contributed by atoms with Crippen LogP contribution < -0.4 is 31.8 Å². The van der Waals surface area contributed by atoms with Crippen LogP contribution in [0.1, 0.15) is 25.0 Å². The molecule has 0 radical (unpaired) electrons. The van der Waals surface area contributed by atoms with E-state index in [1.165, 1.54) is 75.6 Å². The first-order valence-electron chi connectivity index (χ1n) is 17.7. The van der Waals surface area contributed by atoms with E-state index < -0.39 is 15.8 Å². The summed E-state index contributed by atoms with van der Waals surface area (Å²) in [4.78, 5) is 0. The van der Waals surface area contributed by atoms with Gasteiger partial charge in [0.1, 0.15) is 0 Å². The fourth-order valence-corrected chi connectivity index (χ4v) is 12.9. The van der Waals surface area contributed by atoms with Crippen LogP contribution in [-0.2, 0) is 12.8 Å². The maximum absolute atomic E-state index is 2.48. The van der Waals surface area contributed by atoms with Crippen molar-refractivity contribution in [2.75, 3.05) is 0 Å². The van der Waals surface area contributed by atoms with Crippen LogP contribution in [0.25, 0.3) is 32.7 Å². The molecule has 0 N–H and O–H groups in total. The molecule has 0 atom stereocenters. The summed E-state index contributed by atoms with van der Waals surface area (Å²) in [7, 11) is -1.78. The molecule has 0 saturated heterocycles.